The van der Waals surface area contributed by atoms with Crippen LogP contribution in [0.4, 0.5) is 0 Å². The van der Waals surface area contributed by atoms with Crippen molar-refractivity contribution in [3.8, 4) is 23.5 Å². The molecule has 3 heterocycles. The molecule has 88 valence electrons. The summed E-state index contributed by atoms with van der Waals surface area (Å²) < 4.78 is 5.17. The number of aryl methyl sites for hydroxylation is 2. The number of nitrogens with one attached hydrogen (secondary N) is 1. The number of rotatable bonds is 1. The largest absolute Gasteiger partial charge is 0.361 e. The van der Waals surface area contributed by atoms with Gasteiger partial charge in [-0.1, -0.05) is 11.1 Å². The smallest absolute Gasteiger partial charge is 0.141 e. The fraction of sp³-hybridized carbons (Fsp3) is 0.143. The zero-order valence-corrected chi connectivity index (χ0v) is 10.1. The van der Waals surface area contributed by atoms with Crippen LogP contribution in [0.5, 0.6) is 0 Å². The van der Waals surface area contributed by atoms with Gasteiger partial charge in [0.1, 0.15) is 11.3 Å². The molecule has 0 saturated heterocycles. The summed E-state index contributed by atoms with van der Waals surface area (Å²) in [6, 6.07) is 2.01. The molecule has 3 aromatic heterocycles. The van der Waals surface area contributed by atoms with E-state index in [4.69, 9.17) is 10.9 Å². The average Bonchev–Trinajstić information content (AvgIpc) is 2.92. The summed E-state index contributed by atoms with van der Waals surface area (Å²) in [6.07, 6.45) is 8.99. The first kappa shape index (κ1) is 10.6. The monoisotopic (exact) mass is 237 g/mol. The van der Waals surface area contributed by atoms with Gasteiger partial charge in [-0.25, -0.2) is 0 Å². The minimum absolute atomic E-state index is 0.773. The first-order valence-corrected chi connectivity index (χ1v) is 5.57. The van der Waals surface area contributed by atoms with Crippen molar-refractivity contribution in [3.05, 3.63) is 35.5 Å². The maximum absolute atomic E-state index is 5.41. The van der Waals surface area contributed by atoms with E-state index >= 15 is 0 Å². The number of aromatic amines is 1. The predicted molar refractivity (Wildman–Crippen MR) is 69.0 cm³/mol. The Morgan fingerprint density at radius 2 is 2.22 bits per heavy atom. The van der Waals surface area contributed by atoms with Crippen LogP contribution in [-0.4, -0.2) is 15.1 Å². The molecule has 0 saturated carbocycles. The maximum atomic E-state index is 5.41. The first-order chi connectivity index (χ1) is 8.70. The summed E-state index contributed by atoms with van der Waals surface area (Å²) in [6.45, 7) is 3.80. The van der Waals surface area contributed by atoms with E-state index in [2.05, 4.69) is 21.0 Å². The van der Waals surface area contributed by atoms with Gasteiger partial charge >= 0.3 is 0 Å². The molecular weight excluding hydrogens is 226 g/mol. The van der Waals surface area contributed by atoms with Gasteiger partial charge in [-0.2, -0.15) is 0 Å². The second-order valence-electron chi connectivity index (χ2n) is 4.17. The van der Waals surface area contributed by atoms with Crippen molar-refractivity contribution in [2.24, 2.45) is 0 Å². The molecule has 0 aliphatic heterocycles. The van der Waals surface area contributed by atoms with Crippen LogP contribution in [0.1, 0.15) is 17.0 Å². The lowest BCUT2D eigenvalue weighted by molar-refractivity contribution is 0.393. The molecular formula is C14H11N3O. The Labute approximate surface area is 104 Å². The van der Waals surface area contributed by atoms with Crippen molar-refractivity contribution in [1.82, 2.24) is 15.1 Å². The lowest BCUT2D eigenvalue weighted by Crippen LogP contribution is -1.85. The van der Waals surface area contributed by atoms with Gasteiger partial charge in [0.15, 0.2) is 0 Å². The van der Waals surface area contributed by atoms with E-state index in [1.165, 1.54) is 0 Å². The highest BCUT2D eigenvalue weighted by Gasteiger charge is 2.13. The number of aromatic nitrogens is 3. The molecule has 0 fully saturated rings. The Hall–Kier alpha value is -2.54. The van der Waals surface area contributed by atoms with Crippen molar-refractivity contribution in [2.75, 3.05) is 0 Å². The van der Waals surface area contributed by atoms with Gasteiger partial charge in [0.05, 0.1) is 16.8 Å². The quantitative estimate of drug-likeness (QED) is 0.662. The van der Waals surface area contributed by atoms with Gasteiger partial charge in [0.2, 0.25) is 0 Å². The average molecular weight is 237 g/mol. The molecule has 0 aromatic carbocycles. The summed E-state index contributed by atoms with van der Waals surface area (Å²) in [5.74, 6) is 3.39. The van der Waals surface area contributed by atoms with E-state index in [9.17, 15) is 0 Å². The van der Waals surface area contributed by atoms with E-state index in [-0.39, 0.29) is 0 Å². The SMILES string of the molecule is C#Cc1c[nH]c2cc(-c3c(C)noc3C)cnc12. The predicted octanol–water partition coefficient (Wildman–Crippen LogP) is 2.82. The van der Waals surface area contributed by atoms with Gasteiger partial charge in [-0.15, -0.1) is 6.42 Å². The summed E-state index contributed by atoms with van der Waals surface area (Å²) in [7, 11) is 0. The maximum Gasteiger partial charge on any atom is 0.141 e. The second-order valence-corrected chi connectivity index (χ2v) is 4.17. The fourth-order valence-electron chi connectivity index (χ4n) is 2.15. The number of hydrogen-bond donors (Lipinski definition) is 1. The van der Waals surface area contributed by atoms with E-state index in [1.807, 2.05) is 19.9 Å². The molecule has 0 unspecified atom stereocenters. The van der Waals surface area contributed by atoms with Gasteiger partial charge in [-0.3, -0.25) is 4.98 Å². The normalized spacial score (nSPS) is 10.7. The van der Waals surface area contributed by atoms with Crippen molar-refractivity contribution < 1.29 is 4.52 Å². The Balaban J connectivity index is 2.24. The number of nitrogens with zero attached hydrogens (tertiary/aromatic N) is 2. The molecule has 3 rings (SSSR count). The van der Waals surface area contributed by atoms with Gasteiger partial charge in [0, 0.05) is 23.5 Å². The fourth-order valence-corrected chi connectivity index (χ4v) is 2.15. The van der Waals surface area contributed by atoms with Gasteiger partial charge < -0.3 is 9.51 Å². The van der Waals surface area contributed by atoms with Crippen LogP contribution in [-0.2, 0) is 0 Å². The number of fused-ring (bicyclic) bond motifs is 1. The zero-order chi connectivity index (χ0) is 12.7. The highest BCUT2D eigenvalue weighted by Crippen LogP contribution is 2.28. The summed E-state index contributed by atoms with van der Waals surface area (Å²) in [4.78, 5) is 7.53. The Morgan fingerprint density at radius 3 is 2.89 bits per heavy atom. The molecule has 0 aliphatic rings. The number of terminal acetylenes is 1. The molecule has 3 aromatic rings. The van der Waals surface area contributed by atoms with Crippen molar-refractivity contribution in [2.45, 2.75) is 13.8 Å². The van der Waals surface area contributed by atoms with E-state index in [0.29, 0.717) is 0 Å². The highest BCUT2D eigenvalue weighted by molar-refractivity contribution is 5.86. The summed E-state index contributed by atoms with van der Waals surface area (Å²) in [5.41, 5.74) is 5.33. The van der Waals surface area contributed by atoms with E-state index in [0.717, 1.165) is 39.2 Å². The summed E-state index contributed by atoms with van der Waals surface area (Å²) >= 11 is 0. The van der Waals surface area contributed by atoms with Crippen LogP contribution in [0.2, 0.25) is 0 Å². The Morgan fingerprint density at radius 1 is 1.39 bits per heavy atom. The van der Waals surface area contributed by atoms with Crippen LogP contribution in [0.25, 0.3) is 22.2 Å². The Kier molecular flexibility index (Phi) is 2.20. The molecule has 4 nitrogen and oxygen atoms in total. The molecule has 0 amide bonds. The van der Waals surface area contributed by atoms with Crippen LogP contribution in [0.15, 0.2) is 23.0 Å². The molecule has 0 radical (unpaired) electrons. The van der Waals surface area contributed by atoms with Crippen molar-refractivity contribution in [3.63, 3.8) is 0 Å². The van der Waals surface area contributed by atoms with Gasteiger partial charge in [0.25, 0.3) is 0 Å². The number of hydrogen-bond acceptors (Lipinski definition) is 3. The van der Waals surface area contributed by atoms with Gasteiger partial charge in [-0.05, 0) is 19.9 Å². The van der Waals surface area contributed by atoms with Crippen LogP contribution >= 0.6 is 0 Å². The molecule has 4 heteroatoms. The Bertz CT molecular complexity index is 755. The van der Waals surface area contributed by atoms with E-state index < -0.39 is 0 Å². The molecule has 0 spiro atoms. The van der Waals surface area contributed by atoms with Crippen LogP contribution < -0.4 is 0 Å². The van der Waals surface area contributed by atoms with Crippen molar-refractivity contribution >= 4 is 11.0 Å². The second kappa shape index (κ2) is 3.74. The number of pyridine rings is 1. The van der Waals surface area contributed by atoms with Crippen LogP contribution in [0.3, 0.4) is 0 Å². The minimum atomic E-state index is 0.773. The topological polar surface area (TPSA) is 54.7 Å². The molecule has 18 heavy (non-hydrogen) atoms. The number of H-pyrrole nitrogens is 1. The minimum Gasteiger partial charge on any atom is -0.361 e. The van der Waals surface area contributed by atoms with Crippen LogP contribution in [0, 0.1) is 26.2 Å². The molecule has 0 aliphatic carbocycles. The lowest BCUT2D eigenvalue weighted by Gasteiger charge is -2.00. The third-order valence-corrected chi connectivity index (χ3v) is 2.99. The standard InChI is InChI=1S/C14H11N3O/c1-4-10-6-15-12-5-11(7-16-14(10)12)13-8(2)17-18-9(13)3/h1,5-7,15H,2-3H3. The molecule has 0 bridgehead atoms. The molecule has 1 N–H and O–H groups in total. The summed E-state index contributed by atoms with van der Waals surface area (Å²) in [5, 5.41) is 3.95. The first-order valence-electron chi connectivity index (χ1n) is 5.57. The van der Waals surface area contributed by atoms with E-state index in [1.54, 1.807) is 12.4 Å². The zero-order valence-electron chi connectivity index (χ0n) is 10.1. The lowest BCUT2D eigenvalue weighted by atomic mass is 10.1. The van der Waals surface area contributed by atoms with Crippen molar-refractivity contribution in [1.29, 1.82) is 0 Å². The third-order valence-electron chi connectivity index (χ3n) is 2.99. The third kappa shape index (κ3) is 1.41. The highest BCUT2D eigenvalue weighted by atomic mass is 16.5. The molecule has 0 atom stereocenters.